The molecule has 1 atom stereocenters. The molecule has 1 aromatic rings. The van der Waals surface area contributed by atoms with Crippen molar-refractivity contribution in [3.8, 4) is 0 Å². The standard InChI is InChI=1S/C15H20Cl2N2O3S/c1-10(15(20)18-12-5-3-2-4-6-12)19-23(21,22)14-9-11(16)7-8-13(14)17/h7-10,12,19H,2-6H2,1H3,(H,18,20)/t10-/m1/s1. The van der Waals surface area contributed by atoms with Gasteiger partial charge in [0.2, 0.25) is 15.9 Å². The zero-order valence-corrected chi connectivity index (χ0v) is 15.1. The van der Waals surface area contributed by atoms with Gasteiger partial charge in [-0.25, -0.2) is 8.42 Å². The largest absolute Gasteiger partial charge is 0.352 e. The van der Waals surface area contributed by atoms with Crippen molar-refractivity contribution < 1.29 is 13.2 Å². The summed E-state index contributed by atoms with van der Waals surface area (Å²) in [4.78, 5) is 12.0. The quantitative estimate of drug-likeness (QED) is 0.826. The summed E-state index contributed by atoms with van der Waals surface area (Å²) in [5.74, 6) is -0.335. The number of amides is 1. The molecular weight excluding hydrogens is 359 g/mol. The third kappa shape index (κ3) is 5.08. The topological polar surface area (TPSA) is 75.3 Å². The molecule has 1 saturated carbocycles. The first-order valence-electron chi connectivity index (χ1n) is 7.57. The van der Waals surface area contributed by atoms with Crippen molar-refractivity contribution in [1.29, 1.82) is 0 Å². The number of rotatable bonds is 5. The lowest BCUT2D eigenvalue weighted by atomic mass is 9.95. The van der Waals surface area contributed by atoms with Crippen LogP contribution in [-0.2, 0) is 14.8 Å². The minimum atomic E-state index is -3.93. The van der Waals surface area contributed by atoms with E-state index < -0.39 is 16.1 Å². The Labute approximate surface area is 146 Å². The van der Waals surface area contributed by atoms with Crippen LogP contribution >= 0.6 is 23.2 Å². The highest BCUT2D eigenvalue weighted by molar-refractivity contribution is 7.89. The Morgan fingerprint density at radius 2 is 1.87 bits per heavy atom. The number of sulfonamides is 1. The van der Waals surface area contributed by atoms with Gasteiger partial charge < -0.3 is 5.32 Å². The van der Waals surface area contributed by atoms with E-state index in [4.69, 9.17) is 23.2 Å². The van der Waals surface area contributed by atoms with E-state index in [1.807, 2.05) is 0 Å². The van der Waals surface area contributed by atoms with Crippen LogP contribution in [0.4, 0.5) is 0 Å². The molecule has 0 radical (unpaired) electrons. The van der Waals surface area contributed by atoms with Crippen molar-refractivity contribution >= 4 is 39.1 Å². The second kappa shape index (κ2) is 7.83. The third-order valence-corrected chi connectivity index (χ3v) is 6.12. The predicted octanol–water partition coefficient (Wildman–Crippen LogP) is 3.11. The van der Waals surface area contributed by atoms with Crippen molar-refractivity contribution in [1.82, 2.24) is 10.0 Å². The summed E-state index contributed by atoms with van der Waals surface area (Å²) in [5, 5.41) is 3.21. The minimum absolute atomic E-state index is 0.0572. The van der Waals surface area contributed by atoms with Gasteiger partial charge in [-0.1, -0.05) is 42.5 Å². The first-order valence-corrected chi connectivity index (χ1v) is 9.81. The van der Waals surface area contributed by atoms with Crippen molar-refractivity contribution in [3.05, 3.63) is 28.2 Å². The molecule has 0 unspecified atom stereocenters. The molecule has 1 amide bonds. The third-order valence-electron chi connectivity index (χ3n) is 3.86. The van der Waals surface area contributed by atoms with Crippen LogP contribution in [0.3, 0.4) is 0 Å². The van der Waals surface area contributed by atoms with Gasteiger partial charge in [-0.2, -0.15) is 4.72 Å². The van der Waals surface area contributed by atoms with Gasteiger partial charge >= 0.3 is 0 Å². The van der Waals surface area contributed by atoms with Crippen molar-refractivity contribution in [3.63, 3.8) is 0 Å². The average molecular weight is 379 g/mol. The van der Waals surface area contributed by atoms with E-state index in [0.29, 0.717) is 0 Å². The lowest BCUT2D eigenvalue weighted by molar-refractivity contribution is -0.123. The molecule has 1 aromatic carbocycles. The van der Waals surface area contributed by atoms with Crippen LogP contribution in [0.2, 0.25) is 10.0 Å². The Morgan fingerprint density at radius 1 is 1.22 bits per heavy atom. The zero-order chi connectivity index (χ0) is 17.0. The highest BCUT2D eigenvalue weighted by atomic mass is 35.5. The number of carbonyl (C=O) groups is 1. The molecule has 8 heteroatoms. The second-order valence-electron chi connectivity index (χ2n) is 5.76. The van der Waals surface area contributed by atoms with Crippen LogP contribution in [0.5, 0.6) is 0 Å². The lowest BCUT2D eigenvalue weighted by Crippen LogP contribution is -2.48. The number of carbonyl (C=O) groups excluding carboxylic acids is 1. The van der Waals surface area contributed by atoms with E-state index in [-0.39, 0.29) is 26.9 Å². The van der Waals surface area contributed by atoms with Crippen LogP contribution in [0.25, 0.3) is 0 Å². The van der Waals surface area contributed by atoms with Crippen molar-refractivity contribution in [2.45, 2.75) is 56.0 Å². The van der Waals surface area contributed by atoms with Gasteiger partial charge in [0.25, 0.3) is 0 Å². The summed E-state index contributed by atoms with van der Waals surface area (Å²) in [6, 6.07) is 3.40. The van der Waals surface area contributed by atoms with E-state index in [0.717, 1.165) is 25.7 Å². The van der Waals surface area contributed by atoms with E-state index in [1.54, 1.807) is 0 Å². The molecule has 0 aliphatic heterocycles. The number of hydrogen-bond donors (Lipinski definition) is 2. The SMILES string of the molecule is C[C@@H](NS(=O)(=O)c1cc(Cl)ccc1Cl)C(=O)NC1CCCCC1. The molecule has 2 N–H and O–H groups in total. The summed E-state index contributed by atoms with van der Waals surface area (Å²) >= 11 is 11.7. The van der Waals surface area contributed by atoms with E-state index in [1.165, 1.54) is 31.5 Å². The Morgan fingerprint density at radius 3 is 2.52 bits per heavy atom. The van der Waals surface area contributed by atoms with Gasteiger partial charge in [-0.3, -0.25) is 4.79 Å². The maximum Gasteiger partial charge on any atom is 0.242 e. The molecule has 128 valence electrons. The lowest BCUT2D eigenvalue weighted by Gasteiger charge is -2.24. The Kier molecular flexibility index (Phi) is 6.31. The Balaban J connectivity index is 2.04. The second-order valence-corrected chi connectivity index (χ2v) is 8.29. The molecule has 1 fully saturated rings. The van der Waals surface area contributed by atoms with Crippen molar-refractivity contribution in [2.75, 3.05) is 0 Å². The molecule has 23 heavy (non-hydrogen) atoms. The van der Waals surface area contributed by atoms with Gasteiger partial charge in [0.05, 0.1) is 11.1 Å². The number of hydrogen-bond acceptors (Lipinski definition) is 3. The highest BCUT2D eigenvalue weighted by Crippen LogP contribution is 2.25. The fourth-order valence-corrected chi connectivity index (χ4v) is 4.57. The van der Waals surface area contributed by atoms with Crippen LogP contribution < -0.4 is 10.0 Å². The fraction of sp³-hybridized carbons (Fsp3) is 0.533. The maximum absolute atomic E-state index is 12.4. The highest BCUT2D eigenvalue weighted by Gasteiger charge is 2.26. The molecule has 0 heterocycles. The summed E-state index contributed by atoms with van der Waals surface area (Å²) in [7, 11) is -3.93. The Hall–Kier alpha value is -0.820. The van der Waals surface area contributed by atoms with Gasteiger partial charge in [0.1, 0.15) is 4.90 Å². The number of halogens is 2. The Bertz CT molecular complexity index is 673. The van der Waals surface area contributed by atoms with Crippen molar-refractivity contribution in [2.24, 2.45) is 0 Å². The smallest absolute Gasteiger partial charge is 0.242 e. The van der Waals surface area contributed by atoms with E-state index in [9.17, 15) is 13.2 Å². The predicted molar refractivity (Wildman–Crippen MR) is 91.3 cm³/mol. The average Bonchev–Trinajstić information content (AvgIpc) is 2.50. The van der Waals surface area contributed by atoms with Crippen LogP contribution in [0.1, 0.15) is 39.0 Å². The number of nitrogens with one attached hydrogen (secondary N) is 2. The van der Waals surface area contributed by atoms with Gasteiger partial charge in [-0.05, 0) is 38.0 Å². The first-order chi connectivity index (χ1) is 10.8. The molecule has 0 aromatic heterocycles. The monoisotopic (exact) mass is 378 g/mol. The summed E-state index contributed by atoms with van der Waals surface area (Å²) < 4.78 is 27.1. The minimum Gasteiger partial charge on any atom is -0.352 e. The summed E-state index contributed by atoms with van der Waals surface area (Å²) in [5.41, 5.74) is 0. The van der Waals surface area contributed by atoms with Gasteiger partial charge in [-0.15, -0.1) is 0 Å². The first kappa shape index (κ1) is 18.5. The van der Waals surface area contributed by atoms with Gasteiger partial charge in [0.15, 0.2) is 0 Å². The molecule has 0 saturated heterocycles. The zero-order valence-electron chi connectivity index (χ0n) is 12.8. The fourth-order valence-electron chi connectivity index (χ4n) is 2.61. The van der Waals surface area contributed by atoms with Crippen LogP contribution in [0.15, 0.2) is 23.1 Å². The van der Waals surface area contributed by atoms with Crippen LogP contribution in [0, 0.1) is 0 Å². The van der Waals surface area contributed by atoms with Crippen LogP contribution in [-0.4, -0.2) is 26.4 Å². The van der Waals surface area contributed by atoms with E-state index >= 15 is 0 Å². The molecule has 1 aliphatic rings. The molecule has 0 bridgehead atoms. The number of benzene rings is 1. The molecule has 0 spiro atoms. The van der Waals surface area contributed by atoms with E-state index in [2.05, 4.69) is 10.0 Å². The summed E-state index contributed by atoms with van der Waals surface area (Å²) in [6.45, 7) is 1.51. The normalized spacial score (nSPS) is 17.7. The maximum atomic E-state index is 12.4. The molecule has 2 rings (SSSR count). The van der Waals surface area contributed by atoms with Gasteiger partial charge in [0, 0.05) is 11.1 Å². The molecular formula is C15H20Cl2N2O3S. The molecule has 5 nitrogen and oxygen atoms in total. The summed E-state index contributed by atoms with van der Waals surface area (Å²) in [6.07, 6.45) is 5.23. The molecule has 1 aliphatic carbocycles.